The molecule has 2 aromatic heterocycles. The van der Waals surface area contributed by atoms with Gasteiger partial charge in [-0.15, -0.1) is 0 Å². The number of aldehydes is 1. The minimum absolute atomic E-state index is 0.528. The number of carbonyl (C=O) groups is 1. The van der Waals surface area contributed by atoms with Crippen molar-refractivity contribution in [1.29, 1.82) is 0 Å². The third-order valence-electron chi connectivity index (χ3n) is 3.20. The van der Waals surface area contributed by atoms with E-state index in [0.29, 0.717) is 33.5 Å². The second-order valence-electron chi connectivity index (χ2n) is 4.74. The van der Waals surface area contributed by atoms with Crippen LogP contribution in [-0.2, 0) is 6.54 Å². The number of pyridine rings is 1. The molecule has 6 heteroatoms. The Morgan fingerprint density at radius 3 is 2.82 bits per heavy atom. The summed E-state index contributed by atoms with van der Waals surface area (Å²) in [6.45, 7) is 0.555. The minimum atomic E-state index is 0.528. The van der Waals surface area contributed by atoms with Crippen LogP contribution >= 0.6 is 23.2 Å². The molecule has 0 fully saturated rings. The highest BCUT2D eigenvalue weighted by Crippen LogP contribution is 2.26. The third kappa shape index (κ3) is 3.03. The van der Waals surface area contributed by atoms with Gasteiger partial charge in [0.05, 0.1) is 28.6 Å². The van der Waals surface area contributed by atoms with Crippen LogP contribution in [0.4, 0.5) is 0 Å². The van der Waals surface area contributed by atoms with Crippen molar-refractivity contribution in [3.63, 3.8) is 0 Å². The first-order chi connectivity index (χ1) is 10.7. The van der Waals surface area contributed by atoms with Crippen molar-refractivity contribution in [2.45, 2.75) is 6.54 Å². The van der Waals surface area contributed by atoms with Crippen LogP contribution < -0.4 is 0 Å². The Morgan fingerprint density at radius 1 is 1.14 bits per heavy atom. The number of hydrogen-bond acceptors (Lipinski definition) is 3. The van der Waals surface area contributed by atoms with Gasteiger partial charge in [0.1, 0.15) is 12.0 Å². The lowest BCUT2D eigenvalue weighted by Crippen LogP contribution is -1.97. The molecule has 22 heavy (non-hydrogen) atoms. The number of rotatable bonds is 4. The summed E-state index contributed by atoms with van der Waals surface area (Å²) in [5.41, 5.74) is 2.83. The summed E-state index contributed by atoms with van der Waals surface area (Å²) in [5.74, 6) is 0. The number of benzene rings is 1. The monoisotopic (exact) mass is 331 g/mol. The number of carbonyl (C=O) groups excluding carboxylic acids is 1. The van der Waals surface area contributed by atoms with E-state index in [4.69, 9.17) is 23.2 Å². The van der Waals surface area contributed by atoms with Crippen molar-refractivity contribution in [3.05, 3.63) is 70.2 Å². The average molecular weight is 332 g/mol. The van der Waals surface area contributed by atoms with E-state index in [1.807, 2.05) is 22.9 Å². The lowest BCUT2D eigenvalue weighted by molar-refractivity contribution is 0.112. The van der Waals surface area contributed by atoms with E-state index in [2.05, 4.69) is 9.97 Å². The maximum Gasteiger partial charge on any atom is 0.150 e. The van der Waals surface area contributed by atoms with E-state index >= 15 is 0 Å². The van der Waals surface area contributed by atoms with Gasteiger partial charge in [0.15, 0.2) is 0 Å². The van der Waals surface area contributed by atoms with Crippen LogP contribution in [0, 0.1) is 0 Å². The molecular formula is C16H11Cl2N3O. The molecule has 1 aromatic carbocycles. The Hall–Kier alpha value is -2.17. The second kappa shape index (κ2) is 6.30. The fraction of sp³-hybridized carbons (Fsp3) is 0.0625. The Morgan fingerprint density at radius 2 is 2.00 bits per heavy atom. The number of imidazole rings is 1. The summed E-state index contributed by atoms with van der Waals surface area (Å²) in [6.07, 6.45) is 5.93. The molecule has 4 nitrogen and oxygen atoms in total. The molecule has 3 aromatic rings. The Labute approximate surface area is 137 Å². The van der Waals surface area contributed by atoms with Gasteiger partial charge in [0.25, 0.3) is 0 Å². The standard InChI is InChI=1S/C16H11Cl2N3O/c17-13-3-1-2-12(16(13)18)7-21-8-15(20-10-21)14-6-11(9-22)4-5-19-14/h1-6,8-10H,7H2. The molecule has 0 saturated carbocycles. The molecule has 110 valence electrons. The van der Waals surface area contributed by atoms with Gasteiger partial charge in [-0.25, -0.2) is 4.98 Å². The summed E-state index contributed by atoms with van der Waals surface area (Å²) in [6, 6.07) is 8.88. The molecule has 0 N–H and O–H groups in total. The van der Waals surface area contributed by atoms with E-state index in [1.54, 1.807) is 30.7 Å². The molecule has 0 saturated heterocycles. The molecule has 3 rings (SSSR count). The van der Waals surface area contributed by atoms with Gasteiger partial charge in [-0.3, -0.25) is 9.78 Å². The molecule has 0 unspecified atom stereocenters. The summed E-state index contributed by atoms with van der Waals surface area (Å²) >= 11 is 12.2. The smallest absolute Gasteiger partial charge is 0.150 e. The van der Waals surface area contributed by atoms with E-state index in [0.717, 1.165) is 11.8 Å². The first-order valence-corrected chi connectivity index (χ1v) is 7.29. The molecule has 0 radical (unpaired) electrons. The average Bonchev–Trinajstić information content (AvgIpc) is 3.00. The lowest BCUT2D eigenvalue weighted by atomic mass is 10.2. The number of nitrogens with zero attached hydrogens (tertiary/aromatic N) is 3. The maximum absolute atomic E-state index is 10.8. The maximum atomic E-state index is 10.8. The van der Waals surface area contributed by atoms with Gasteiger partial charge >= 0.3 is 0 Å². The molecule has 0 aliphatic carbocycles. The fourth-order valence-electron chi connectivity index (χ4n) is 2.11. The topological polar surface area (TPSA) is 47.8 Å². The summed E-state index contributed by atoms with van der Waals surface area (Å²) in [7, 11) is 0. The molecule has 0 amide bonds. The SMILES string of the molecule is O=Cc1ccnc(-c2cn(Cc3cccc(Cl)c3Cl)cn2)c1. The van der Waals surface area contributed by atoms with Crippen LogP contribution in [0.25, 0.3) is 11.4 Å². The minimum Gasteiger partial charge on any atom is -0.332 e. The number of aromatic nitrogens is 3. The van der Waals surface area contributed by atoms with Crippen molar-refractivity contribution in [2.24, 2.45) is 0 Å². The molecular weight excluding hydrogens is 321 g/mol. The largest absolute Gasteiger partial charge is 0.332 e. The van der Waals surface area contributed by atoms with Crippen LogP contribution in [0.3, 0.4) is 0 Å². The summed E-state index contributed by atoms with van der Waals surface area (Å²) in [4.78, 5) is 19.4. The van der Waals surface area contributed by atoms with Crippen molar-refractivity contribution < 1.29 is 4.79 Å². The quantitative estimate of drug-likeness (QED) is 0.676. The normalized spacial score (nSPS) is 10.6. The zero-order chi connectivity index (χ0) is 15.5. The zero-order valence-corrected chi connectivity index (χ0v) is 12.9. The van der Waals surface area contributed by atoms with Crippen molar-refractivity contribution in [2.75, 3.05) is 0 Å². The molecule has 0 aliphatic rings. The van der Waals surface area contributed by atoms with Gasteiger partial charge in [0.2, 0.25) is 0 Å². The van der Waals surface area contributed by atoms with Gasteiger partial charge in [0, 0.05) is 18.0 Å². The summed E-state index contributed by atoms with van der Waals surface area (Å²) in [5, 5.41) is 1.07. The van der Waals surface area contributed by atoms with E-state index in [-0.39, 0.29) is 0 Å². The molecule has 2 heterocycles. The van der Waals surface area contributed by atoms with E-state index in [9.17, 15) is 4.79 Å². The molecule has 0 spiro atoms. The number of halogens is 2. The van der Waals surface area contributed by atoms with E-state index < -0.39 is 0 Å². The Balaban J connectivity index is 1.87. The third-order valence-corrected chi connectivity index (χ3v) is 4.06. The summed E-state index contributed by atoms with van der Waals surface area (Å²) < 4.78 is 1.89. The van der Waals surface area contributed by atoms with Gasteiger partial charge in [-0.1, -0.05) is 35.3 Å². The first-order valence-electron chi connectivity index (χ1n) is 6.53. The van der Waals surface area contributed by atoms with Crippen LogP contribution in [0.2, 0.25) is 10.0 Å². The van der Waals surface area contributed by atoms with Gasteiger partial charge < -0.3 is 4.57 Å². The predicted octanol–water partition coefficient (Wildman–Crippen LogP) is 4.11. The molecule has 0 atom stereocenters. The Bertz CT molecular complexity index is 830. The zero-order valence-electron chi connectivity index (χ0n) is 11.4. The first kappa shape index (κ1) is 14.8. The lowest BCUT2D eigenvalue weighted by Gasteiger charge is -2.06. The Kier molecular flexibility index (Phi) is 4.22. The highest BCUT2D eigenvalue weighted by Gasteiger charge is 2.08. The highest BCUT2D eigenvalue weighted by molar-refractivity contribution is 6.42. The van der Waals surface area contributed by atoms with Gasteiger partial charge in [-0.05, 0) is 23.8 Å². The van der Waals surface area contributed by atoms with E-state index in [1.165, 1.54) is 0 Å². The van der Waals surface area contributed by atoms with Crippen LogP contribution in [-0.4, -0.2) is 20.8 Å². The second-order valence-corrected chi connectivity index (χ2v) is 5.52. The highest BCUT2D eigenvalue weighted by atomic mass is 35.5. The number of hydrogen-bond donors (Lipinski definition) is 0. The van der Waals surface area contributed by atoms with Crippen LogP contribution in [0.1, 0.15) is 15.9 Å². The molecule has 0 bridgehead atoms. The molecule has 0 aliphatic heterocycles. The van der Waals surface area contributed by atoms with Crippen LogP contribution in [0.5, 0.6) is 0 Å². The van der Waals surface area contributed by atoms with Gasteiger partial charge in [-0.2, -0.15) is 0 Å². The van der Waals surface area contributed by atoms with Crippen molar-refractivity contribution >= 4 is 29.5 Å². The van der Waals surface area contributed by atoms with Crippen molar-refractivity contribution in [3.8, 4) is 11.4 Å². The van der Waals surface area contributed by atoms with Crippen molar-refractivity contribution in [1.82, 2.24) is 14.5 Å². The predicted molar refractivity (Wildman–Crippen MR) is 86.4 cm³/mol. The van der Waals surface area contributed by atoms with Crippen LogP contribution in [0.15, 0.2) is 49.1 Å². The fourth-order valence-corrected chi connectivity index (χ4v) is 2.49.